The molecule has 5 aromatic rings. The van der Waals surface area contributed by atoms with Crippen molar-refractivity contribution < 1.29 is 0 Å². The van der Waals surface area contributed by atoms with Crippen LogP contribution in [0.25, 0.3) is 21.9 Å². The van der Waals surface area contributed by atoms with Gasteiger partial charge in [-0.1, -0.05) is 109 Å². The lowest BCUT2D eigenvalue weighted by Gasteiger charge is -2.53. The second-order valence-electron chi connectivity index (χ2n) is 10.8. The summed E-state index contributed by atoms with van der Waals surface area (Å²) in [4.78, 5) is 0. The van der Waals surface area contributed by atoms with Crippen molar-refractivity contribution in [2.75, 3.05) is 0 Å². The van der Waals surface area contributed by atoms with Crippen LogP contribution < -0.4 is 0 Å². The van der Waals surface area contributed by atoms with Crippen LogP contribution in [0, 0.1) is 11.8 Å². The maximum Gasteiger partial charge on any atom is 0.0506 e. The Bertz CT molecular complexity index is 1630. The fourth-order valence-corrected chi connectivity index (χ4v) is 8.77. The first-order valence-electron chi connectivity index (χ1n) is 12.7. The standard InChI is InChI=1S/C34H24/c1-2-10-21-18-26-22(17-20(21)9-1)19-27-31-25-13-5-8-16-30(25)34(33(31)32(26)27)28-14-6-3-11-23(28)24-12-4-7-15-29(24)34/h1-18,27,31-33H,19H2/t27?,31-,32+,33-/m1/s1. The molecule has 0 N–H and O–H groups in total. The molecule has 160 valence electrons. The van der Waals surface area contributed by atoms with E-state index in [-0.39, 0.29) is 5.41 Å². The largest absolute Gasteiger partial charge is 0.0620 e. The van der Waals surface area contributed by atoms with E-state index in [1.54, 1.807) is 22.3 Å². The Labute approximate surface area is 199 Å². The molecule has 1 fully saturated rings. The van der Waals surface area contributed by atoms with Gasteiger partial charge in [0.25, 0.3) is 0 Å². The number of hydrogen-bond acceptors (Lipinski definition) is 0. The van der Waals surface area contributed by atoms with Gasteiger partial charge in [0.1, 0.15) is 0 Å². The molecule has 4 aliphatic carbocycles. The van der Waals surface area contributed by atoms with Gasteiger partial charge in [-0.2, -0.15) is 0 Å². The van der Waals surface area contributed by atoms with Crippen LogP contribution >= 0.6 is 0 Å². The van der Waals surface area contributed by atoms with Crippen molar-refractivity contribution in [3.8, 4) is 11.1 Å². The molecule has 4 aliphatic rings. The van der Waals surface area contributed by atoms with E-state index in [2.05, 4.69) is 109 Å². The van der Waals surface area contributed by atoms with Crippen LogP contribution in [-0.2, 0) is 11.8 Å². The molecule has 0 heteroatoms. The summed E-state index contributed by atoms with van der Waals surface area (Å²) >= 11 is 0. The fraction of sp³-hybridized carbons (Fsp3) is 0.176. The molecule has 0 radical (unpaired) electrons. The molecule has 0 heterocycles. The number of benzene rings is 5. The van der Waals surface area contributed by atoms with Crippen LogP contribution in [0.3, 0.4) is 0 Å². The van der Waals surface area contributed by atoms with Gasteiger partial charge in [-0.3, -0.25) is 0 Å². The predicted molar refractivity (Wildman–Crippen MR) is 138 cm³/mol. The zero-order valence-corrected chi connectivity index (χ0v) is 18.9. The Morgan fingerprint density at radius 2 is 1.09 bits per heavy atom. The van der Waals surface area contributed by atoms with Crippen LogP contribution in [0.2, 0.25) is 0 Å². The summed E-state index contributed by atoms with van der Waals surface area (Å²) in [5.41, 5.74) is 12.3. The van der Waals surface area contributed by atoms with Gasteiger partial charge in [0.05, 0.1) is 5.41 Å². The van der Waals surface area contributed by atoms with Crippen molar-refractivity contribution in [1.29, 1.82) is 0 Å². The molecule has 34 heavy (non-hydrogen) atoms. The normalized spacial score (nSPS) is 25.8. The van der Waals surface area contributed by atoms with Gasteiger partial charge >= 0.3 is 0 Å². The molecule has 1 spiro atoms. The van der Waals surface area contributed by atoms with Gasteiger partial charge in [0, 0.05) is 0 Å². The SMILES string of the molecule is c1ccc2c(c1)-c1ccccc1C21c2ccccc2[C@@H]2C3Cc4cc5ccccc5cc4[C@@H]3[C@@H]21. The Balaban J connectivity index is 1.37. The van der Waals surface area contributed by atoms with Gasteiger partial charge in [0.2, 0.25) is 0 Å². The van der Waals surface area contributed by atoms with Gasteiger partial charge in [0.15, 0.2) is 0 Å². The molecule has 1 saturated carbocycles. The Morgan fingerprint density at radius 1 is 0.529 bits per heavy atom. The number of hydrogen-bond donors (Lipinski definition) is 0. The van der Waals surface area contributed by atoms with Crippen LogP contribution in [-0.4, -0.2) is 0 Å². The quantitative estimate of drug-likeness (QED) is 0.234. The molecule has 1 unspecified atom stereocenters. The molecule has 0 aliphatic heterocycles. The smallest absolute Gasteiger partial charge is 0.0506 e. The van der Waals surface area contributed by atoms with Crippen molar-refractivity contribution in [3.05, 3.63) is 143 Å². The molecule has 0 saturated heterocycles. The average molecular weight is 433 g/mol. The Morgan fingerprint density at radius 3 is 1.82 bits per heavy atom. The molecule has 0 bridgehead atoms. The lowest BCUT2D eigenvalue weighted by Crippen LogP contribution is -2.48. The summed E-state index contributed by atoms with van der Waals surface area (Å²) in [5.74, 6) is 2.56. The molecule has 0 aromatic heterocycles. The van der Waals surface area contributed by atoms with Crippen LogP contribution in [0.1, 0.15) is 45.2 Å². The molecule has 5 aromatic carbocycles. The first-order chi connectivity index (χ1) is 16.9. The highest BCUT2D eigenvalue weighted by molar-refractivity contribution is 5.87. The summed E-state index contributed by atoms with van der Waals surface area (Å²) in [5, 5.41) is 2.78. The minimum atomic E-state index is -0.0388. The van der Waals surface area contributed by atoms with Gasteiger partial charge in [-0.25, -0.2) is 0 Å². The molecule has 4 atom stereocenters. The third-order valence-corrected chi connectivity index (χ3v) is 9.76. The molecule has 0 nitrogen and oxygen atoms in total. The lowest BCUT2D eigenvalue weighted by molar-refractivity contribution is 0.0895. The maximum absolute atomic E-state index is 2.54. The highest BCUT2D eigenvalue weighted by atomic mass is 14.7. The van der Waals surface area contributed by atoms with Gasteiger partial charge in [-0.15, -0.1) is 0 Å². The summed E-state index contributed by atoms with van der Waals surface area (Å²) in [7, 11) is 0. The van der Waals surface area contributed by atoms with E-state index in [4.69, 9.17) is 0 Å². The van der Waals surface area contributed by atoms with E-state index >= 15 is 0 Å². The second-order valence-corrected chi connectivity index (χ2v) is 10.8. The van der Waals surface area contributed by atoms with E-state index in [1.165, 1.54) is 39.4 Å². The van der Waals surface area contributed by atoms with E-state index in [9.17, 15) is 0 Å². The lowest BCUT2D eigenvalue weighted by atomic mass is 9.49. The second kappa shape index (κ2) is 5.88. The highest BCUT2D eigenvalue weighted by Gasteiger charge is 2.69. The van der Waals surface area contributed by atoms with Crippen molar-refractivity contribution >= 4 is 10.8 Å². The van der Waals surface area contributed by atoms with Gasteiger partial charge < -0.3 is 0 Å². The Hall–Kier alpha value is -3.64. The summed E-state index contributed by atoms with van der Waals surface area (Å²) in [6, 6.07) is 41.9. The minimum absolute atomic E-state index is 0.0388. The average Bonchev–Trinajstić information content (AvgIpc) is 3.44. The van der Waals surface area contributed by atoms with Crippen molar-refractivity contribution in [2.24, 2.45) is 11.8 Å². The van der Waals surface area contributed by atoms with E-state index in [0.29, 0.717) is 17.8 Å². The van der Waals surface area contributed by atoms with Gasteiger partial charge in [-0.05, 0) is 85.4 Å². The van der Waals surface area contributed by atoms with Crippen LogP contribution in [0.15, 0.2) is 109 Å². The maximum atomic E-state index is 2.54. The summed E-state index contributed by atoms with van der Waals surface area (Å²) < 4.78 is 0. The topological polar surface area (TPSA) is 0 Å². The highest BCUT2D eigenvalue weighted by Crippen LogP contribution is 2.77. The van der Waals surface area contributed by atoms with E-state index < -0.39 is 0 Å². The number of rotatable bonds is 0. The molecule has 9 rings (SSSR count). The third kappa shape index (κ3) is 1.81. The third-order valence-electron chi connectivity index (χ3n) is 9.76. The van der Waals surface area contributed by atoms with Crippen molar-refractivity contribution in [2.45, 2.75) is 23.7 Å². The number of fused-ring (bicyclic) bond motifs is 16. The molecular formula is C34H24. The molecular weight excluding hydrogens is 408 g/mol. The fourth-order valence-electron chi connectivity index (χ4n) is 8.77. The van der Waals surface area contributed by atoms with Crippen LogP contribution in [0.4, 0.5) is 0 Å². The first kappa shape index (κ1) is 17.8. The van der Waals surface area contributed by atoms with E-state index in [1.807, 2.05) is 0 Å². The zero-order chi connectivity index (χ0) is 22.0. The minimum Gasteiger partial charge on any atom is -0.0620 e. The van der Waals surface area contributed by atoms with Crippen molar-refractivity contribution in [3.63, 3.8) is 0 Å². The summed E-state index contributed by atoms with van der Waals surface area (Å²) in [6.07, 6.45) is 1.22. The summed E-state index contributed by atoms with van der Waals surface area (Å²) in [6.45, 7) is 0. The first-order valence-corrected chi connectivity index (χ1v) is 12.7. The molecule has 0 amide bonds. The van der Waals surface area contributed by atoms with Crippen molar-refractivity contribution in [1.82, 2.24) is 0 Å². The van der Waals surface area contributed by atoms with E-state index in [0.717, 1.165) is 5.92 Å². The predicted octanol–water partition coefficient (Wildman–Crippen LogP) is 7.84. The Kier molecular flexibility index (Phi) is 3.08. The van der Waals surface area contributed by atoms with Crippen LogP contribution in [0.5, 0.6) is 0 Å². The zero-order valence-electron chi connectivity index (χ0n) is 18.9. The monoisotopic (exact) mass is 432 g/mol.